The van der Waals surface area contributed by atoms with Gasteiger partial charge in [0.1, 0.15) is 17.2 Å². The second kappa shape index (κ2) is 8.01. The Kier molecular flexibility index (Phi) is 5.68. The van der Waals surface area contributed by atoms with Crippen molar-refractivity contribution in [3.63, 3.8) is 0 Å². The fourth-order valence-corrected chi connectivity index (χ4v) is 3.52. The SMILES string of the molecule is Cc1ccsc1C(=O)Nc1c(C(=O)CCN)noc1-c1cc(Cl)c(O)cc1O. The second-order valence-electron chi connectivity index (χ2n) is 5.90. The minimum absolute atomic E-state index is 0.00477. The van der Waals surface area contributed by atoms with Crippen LogP contribution in [0.3, 0.4) is 0 Å². The molecule has 0 fully saturated rings. The first kappa shape index (κ1) is 19.9. The van der Waals surface area contributed by atoms with E-state index in [1.54, 1.807) is 18.4 Å². The summed E-state index contributed by atoms with van der Waals surface area (Å²) in [5.74, 6) is -1.65. The monoisotopic (exact) mass is 421 g/mol. The number of aromatic nitrogens is 1. The number of phenolic OH excluding ortho intramolecular Hbond substituents is 2. The molecule has 5 N–H and O–H groups in total. The van der Waals surface area contributed by atoms with Gasteiger partial charge in [0.2, 0.25) is 0 Å². The molecule has 0 radical (unpaired) electrons. The number of amides is 1. The lowest BCUT2D eigenvalue weighted by Crippen LogP contribution is -2.16. The van der Waals surface area contributed by atoms with Gasteiger partial charge >= 0.3 is 0 Å². The smallest absolute Gasteiger partial charge is 0.266 e. The van der Waals surface area contributed by atoms with Gasteiger partial charge in [0.05, 0.1) is 15.5 Å². The Hall–Kier alpha value is -2.88. The van der Waals surface area contributed by atoms with E-state index in [1.165, 1.54) is 17.4 Å². The van der Waals surface area contributed by atoms with Crippen LogP contribution < -0.4 is 11.1 Å². The Balaban J connectivity index is 2.11. The van der Waals surface area contributed by atoms with Crippen molar-refractivity contribution in [2.75, 3.05) is 11.9 Å². The number of ketones is 1. The lowest BCUT2D eigenvalue weighted by molar-refractivity contribution is 0.0977. The predicted octanol–water partition coefficient (Wildman–Crippen LogP) is 3.56. The summed E-state index contributed by atoms with van der Waals surface area (Å²) in [5, 5.41) is 27.9. The van der Waals surface area contributed by atoms with E-state index >= 15 is 0 Å². The van der Waals surface area contributed by atoms with Gasteiger partial charge in [0, 0.05) is 12.5 Å². The van der Waals surface area contributed by atoms with Gasteiger partial charge in [-0.3, -0.25) is 9.59 Å². The maximum atomic E-state index is 12.7. The number of phenols is 2. The van der Waals surface area contributed by atoms with E-state index in [0.717, 1.165) is 11.6 Å². The molecule has 3 rings (SSSR count). The molecule has 1 aromatic carbocycles. The first-order valence-corrected chi connectivity index (χ1v) is 9.39. The van der Waals surface area contributed by atoms with E-state index < -0.39 is 11.7 Å². The van der Waals surface area contributed by atoms with Crippen LogP contribution in [0.15, 0.2) is 28.1 Å². The molecule has 0 aliphatic carbocycles. The zero-order valence-electron chi connectivity index (χ0n) is 14.7. The van der Waals surface area contributed by atoms with E-state index in [1.807, 2.05) is 0 Å². The molecule has 8 nitrogen and oxygen atoms in total. The maximum Gasteiger partial charge on any atom is 0.266 e. The molecule has 28 heavy (non-hydrogen) atoms. The number of benzene rings is 1. The van der Waals surface area contributed by atoms with Crippen molar-refractivity contribution in [3.05, 3.63) is 44.7 Å². The van der Waals surface area contributed by atoms with Crippen molar-refractivity contribution in [1.29, 1.82) is 0 Å². The maximum absolute atomic E-state index is 12.7. The highest BCUT2D eigenvalue weighted by Crippen LogP contribution is 2.41. The fourth-order valence-electron chi connectivity index (χ4n) is 2.54. The summed E-state index contributed by atoms with van der Waals surface area (Å²) in [6.45, 7) is 1.88. The normalized spacial score (nSPS) is 10.8. The number of carbonyl (C=O) groups is 2. The van der Waals surface area contributed by atoms with E-state index in [9.17, 15) is 19.8 Å². The van der Waals surface area contributed by atoms with Crippen LogP contribution in [0.4, 0.5) is 5.69 Å². The summed E-state index contributed by atoms with van der Waals surface area (Å²) in [6.07, 6.45) is -0.00477. The van der Waals surface area contributed by atoms with Crippen LogP contribution in [0.1, 0.15) is 32.1 Å². The molecule has 0 bridgehead atoms. The van der Waals surface area contributed by atoms with Gasteiger partial charge in [-0.25, -0.2) is 0 Å². The van der Waals surface area contributed by atoms with Crippen molar-refractivity contribution in [1.82, 2.24) is 5.16 Å². The topological polar surface area (TPSA) is 139 Å². The van der Waals surface area contributed by atoms with Gasteiger partial charge in [0.15, 0.2) is 17.2 Å². The average Bonchev–Trinajstić information content (AvgIpc) is 3.24. The molecule has 2 aromatic heterocycles. The van der Waals surface area contributed by atoms with Gasteiger partial charge in [-0.1, -0.05) is 16.8 Å². The number of Topliss-reactive ketones (excluding diaryl/α,β-unsaturated/α-hetero) is 1. The van der Waals surface area contributed by atoms with Gasteiger partial charge < -0.3 is 25.8 Å². The summed E-state index contributed by atoms with van der Waals surface area (Å²) in [6, 6.07) is 4.06. The third-order valence-electron chi connectivity index (χ3n) is 3.94. The molecule has 0 aliphatic rings. The van der Waals surface area contributed by atoms with Gasteiger partial charge in [0.25, 0.3) is 5.91 Å². The number of anilines is 1. The number of rotatable bonds is 6. The number of thiophene rings is 1. The van der Waals surface area contributed by atoms with Gasteiger partial charge in [-0.05, 0) is 36.5 Å². The summed E-state index contributed by atoms with van der Waals surface area (Å²) in [7, 11) is 0. The first-order chi connectivity index (χ1) is 13.3. The van der Waals surface area contributed by atoms with Crippen molar-refractivity contribution in [2.45, 2.75) is 13.3 Å². The number of hydrogen-bond donors (Lipinski definition) is 4. The number of hydrogen-bond acceptors (Lipinski definition) is 8. The molecule has 0 aliphatic heterocycles. The molecule has 0 spiro atoms. The Morgan fingerprint density at radius 3 is 2.71 bits per heavy atom. The molecule has 0 unspecified atom stereocenters. The van der Waals surface area contributed by atoms with Crippen molar-refractivity contribution < 1.29 is 24.3 Å². The number of carbonyl (C=O) groups excluding carboxylic acids is 2. The Morgan fingerprint density at radius 1 is 1.32 bits per heavy atom. The summed E-state index contributed by atoms with van der Waals surface area (Å²) in [4.78, 5) is 25.5. The molecular weight excluding hydrogens is 406 g/mol. The van der Waals surface area contributed by atoms with E-state index in [4.69, 9.17) is 21.9 Å². The van der Waals surface area contributed by atoms with Crippen LogP contribution in [0.25, 0.3) is 11.3 Å². The molecule has 3 aromatic rings. The minimum atomic E-state index is -0.455. The molecule has 0 saturated carbocycles. The number of nitrogens with one attached hydrogen (secondary N) is 1. The molecule has 1 amide bonds. The summed E-state index contributed by atoms with van der Waals surface area (Å²) in [5.41, 5.74) is 6.14. The Labute approximate surface area is 168 Å². The largest absolute Gasteiger partial charge is 0.507 e. The van der Waals surface area contributed by atoms with E-state index in [2.05, 4.69) is 10.5 Å². The van der Waals surface area contributed by atoms with E-state index in [-0.39, 0.29) is 52.2 Å². The van der Waals surface area contributed by atoms with Crippen LogP contribution in [0, 0.1) is 6.92 Å². The third kappa shape index (κ3) is 3.72. The molecule has 2 heterocycles. The molecular formula is C18H16ClN3O5S. The van der Waals surface area contributed by atoms with Crippen LogP contribution >= 0.6 is 22.9 Å². The van der Waals surface area contributed by atoms with Gasteiger partial charge in [-0.15, -0.1) is 11.3 Å². The summed E-state index contributed by atoms with van der Waals surface area (Å²) < 4.78 is 5.25. The second-order valence-corrected chi connectivity index (χ2v) is 7.23. The molecule has 10 heteroatoms. The highest BCUT2D eigenvalue weighted by molar-refractivity contribution is 7.12. The molecule has 146 valence electrons. The Bertz CT molecular complexity index is 1060. The third-order valence-corrected chi connectivity index (χ3v) is 5.26. The highest BCUT2D eigenvalue weighted by atomic mass is 35.5. The van der Waals surface area contributed by atoms with Crippen molar-refractivity contribution in [2.24, 2.45) is 5.73 Å². The lowest BCUT2D eigenvalue weighted by atomic mass is 10.1. The van der Waals surface area contributed by atoms with Crippen LogP contribution in [0.5, 0.6) is 11.5 Å². The zero-order valence-corrected chi connectivity index (χ0v) is 16.2. The van der Waals surface area contributed by atoms with E-state index in [0.29, 0.717) is 4.88 Å². The number of aryl methyl sites for hydroxylation is 1. The fraction of sp³-hybridized carbons (Fsp3) is 0.167. The highest BCUT2D eigenvalue weighted by Gasteiger charge is 2.27. The average molecular weight is 422 g/mol. The number of nitrogens with zero attached hydrogens (tertiary/aromatic N) is 1. The van der Waals surface area contributed by atoms with Crippen LogP contribution in [0.2, 0.25) is 5.02 Å². The lowest BCUT2D eigenvalue weighted by Gasteiger charge is -2.08. The van der Waals surface area contributed by atoms with Crippen molar-refractivity contribution in [3.8, 4) is 22.8 Å². The minimum Gasteiger partial charge on any atom is -0.507 e. The van der Waals surface area contributed by atoms with Gasteiger partial charge in [-0.2, -0.15) is 0 Å². The quantitative estimate of drug-likeness (QED) is 0.446. The predicted molar refractivity (Wildman–Crippen MR) is 105 cm³/mol. The number of nitrogens with two attached hydrogens (primary N) is 1. The first-order valence-electron chi connectivity index (χ1n) is 8.13. The summed E-state index contributed by atoms with van der Waals surface area (Å²) >= 11 is 7.16. The number of aromatic hydroxyl groups is 2. The molecule has 0 saturated heterocycles. The standard InChI is InChI=1S/C18H16ClN3O5S/c1-8-3-5-28-17(8)18(26)21-15-14(11(23)2-4-20)22-27-16(15)9-6-10(19)13(25)7-12(9)24/h3,5-7,24-25H,2,4,20H2,1H3,(H,21,26). The Morgan fingerprint density at radius 2 is 2.07 bits per heavy atom. The number of halogens is 1. The van der Waals surface area contributed by atoms with Crippen molar-refractivity contribution >= 4 is 40.3 Å². The zero-order chi connectivity index (χ0) is 20.4. The molecule has 0 atom stereocenters. The van der Waals surface area contributed by atoms with Crippen LogP contribution in [-0.2, 0) is 0 Å². The van der Waals surface area contributed by atoms with Crippen LogP contribution in [-0.4, -0.2) is 33.6 Å².